The second kappa shape index (κ2) is 4.15. The van der Waals surface area contributed by atoms with Gasteiger partial charge in [-0.15, -0.1) is 0 Å². The van der Waals surface area contributed by atoms with E-state index in [4.69, 9.17) is 5.73 Å². The molecule has 1 amide bonds. The average molecular weight is 230 g/mol. The Labute approximate surface area is 102 Å². The number of hydrogen-bond donors (Lipinski definition) is 1. The molecule has 0 radical (unpaired) electrons. The van der Waals surface area contributed by atoms with Gasteiger partial charge in [0.1, 0.15) is 0 Å². The number of amides is 1. The van der Waals surface area contributed by atoms with Crippen molar-refractivity contribution < 1.29 is 4.79 Å². The molecule has 0 heterocycles. The van der Waals surface area contributed by atoms with Crippen LogP contribution in [0, 0.1) is 0 Å². The third-order valence-electron chi connectivity index (χ3n) is 3.86. The molecule has 1 aromatic carbocycles. The van der Waals surface area contributed by atoms with Gasteiger partial charge in [0.15, 0.2) is 0 Å². The van der Waals surface area contributed by atoms with E-state index in [1.807, 2.05) is 0 Å². The molecule has 0 spiro atoms. The average Bonchev–Trinajstić information content (AvgIpc) is 3.06. The number of rotatable bonds is 4. The van der Waals surface area contributed by atoms with Crippen LogP contribution in [-0.2, 0) is 11.2 Å². The molecule has 1 atom stereocenters. The van der Waals surface area contributed by atoms with E-state index in [2.05, 4.69) is 29.2 Å². The van der Waals surface area contributed by atoms with E-state index in [-0.39, 0.29) is 5.91 Å². The van der Waals surface area contributed by atoms with Crippen LogP contribution in [0.4, 0.5) is 0 Å². The molecule has 0 bridgehead atoms. The third-order valence-corrected chi connectivity index (χ3v) is 3.86. The van der Waals surface area contributed by atoms with Gasteiger partial charge in [0, 0.05) is 12.1 Å². The van der Waals surface area contributed by atoms with Crippen LogP contribution in [-0.4, -0.2) is 23.4 Å². The molecule has 3 rings (SSSR count). The molecule has 0 aliphatic heterocycles. The van der Waals surface area contributed by atoms with Gasteiger partial charge in [-0.3, -0.25) is 9.69 Å². The van der Waals surface area contributed by atoms with Gasteiger partial charge in [-0.2, -0.15) is 0 Å². The molecule has 0 aromatic heterocycles. The Morgan fingerprint density at radius 3 is 2.76 bits per heavy atom. The summed E-state index contributed by atoms with van der Waals surface area (Å²) in [5.74, 6) is -0.207. The third kappa shape index (κ3) is 2.07. The number of carbonyl (C=O) groups excluding carboxylic acids is 1. The van der Waals surface area contributed by atoms with Crippen LogP contribution in [0.25, 0.3) is 0 Å². The van der Waals surface area contributed by atoms with Crippen LogP contribution in [0.2, 0.25) is 0 Å². The number of nitrogens with zero attached hydrogens (tertiary/aromatic N) is 1. The van der Waals surface area contributed by atoms with Gasteiger partial charge in [0.2, 0.25) is 5.91 Å². The van der Waals surface area contributed by atoms with Crippen LogP contribution in [0.3, 0.4) is 0 Å². The predicted octanol–water partition coefficient (Wildman–Crippen LogP) is 1.62. The molecule has 1 aromatic rings. The summed E-state index contributed by atoms with van der Waals surface area (Å²) in [5, 5.41) is 0. The Morgan fingerprint density at radius 2 is 2.06 bits per heavy atom. The number of carbonyl (C=O) groups is 1. The zero-order valence-corrected chi connectivity index (χ0v) is 9.93. The monoisotopic (exact) mass is 230 g/mol. The zero-order valence-electron chi connectivity index (χ0n) is 9.93. The van der Waals surface area contributed by atoms with Gasteiger partial charge in [-0.1, -0.05) is 24.3 Å². The lowest BCUT2D eigenvalue weighted by Gasteiger charge is -2.28. The Kier molecular flexibility index (Phi) is 2.63. The first-order chi connectivity index (χ1) is 8.25. The fourth-order valence-corrected chi connectivity index (χ4v) is 2.96. The van der Waals surface area contributed by atoms with E-state index in [1.165, 1.54) is 24.0 Å². The Morgan fingerprint density at radius 1 is 1.29 bits per heavy atom. The van der Waals surface area contributed by atoms with Crippen LogP contribution < -0.4 is 5.73 Å². The normalized spacial score (nSPS) is 22.8. The minimum Gasteiger partial charge on any atom is -0.369 e. The number of benzene rings is 1. The first-order valence-electron chi connectivity index (χ1n) is 6.37. The highest BCUT2D eigenvalue weighted by Crippen LogP contribution is 2.41. The largest absolute Gasteiger partial charge is 0.369 e. The van der Waals surface area contributed by atoms with E-state index < -0.39 is 0 Å². The lowest BCUT2D eigenvalue weighted by molar-refractivity contribution is -0.119. The topological polar surface area (TPSA) is 46.3 Å². The first-order valence-corrected chi connectivity index (χ1v) is 6.37. The van der Waals surface area contributed by atoms with Crippen molar-refractivity contribution in [1.82, 2.24) is 4.90 Å². The van der Waals surface area contributed by atoms with Crippen molar-refractivity contribution >= 4 is 5.91 Å². The van der Waals surface area contributed by atoms with E-state index in [0.717, 1.165) is 12.8 Å². The van der Waals surface area contributed by atoms with Crippen LogP contribution in [0.5, 0.6) is 0 Å². The summed E-state index contributed by atoms with van der Waals surface area (Å²) < 4.78 is 0. The molecule has 2 aliphatic rings. The lowest BCUT2D eigenvalue weighted by atomic mass is 10.1. The molecule has 0 saturated heterocycles. The fourth-order valence-electron chi connectivity index (χ4n) is 2.96. The van der Waals surface area contributed by atoms with E-state index in [9.17, 15) is 4.79 Å². The van der Waals surface area contributed by atoms with Crippen molar-refractivity contribution in [2.75, 3.05) is 6.54 Å². The Hall–Kier alpha value is -1.35. The van der Waals surface area contributed by atoms with Crippen LogP contribution in [0.1, 0.15) is 36.4 Å². The maximum absolute atomic E-state index is 11.2. The molecule has 1 saturated carbocycles. The number of fused-ring (bicyclic) bond motifs is 1. The van der Waals surface area contributed by atoms with Gasteiger partial charge in [0.05, 0.1) is 6.54 Å². The molecule has 2 N–H and O–H groups in total. The van der Waals surface area contributed by atoms with Crippen molar-refractivity contribution in [3.8, 4) is 0 Å². The summed E-state index contributed by atoms with van der Waals surface area (Å²) in [6.45, 7) is 0.406. The van der Waals surface area contributed by atoms with Gasteiger partial charge in [0.25, 0.3) is 0 Å². The fraction of sp³-hybridized carbons (Fsp3) is 0.500. The van der Waals surface area contributed by atoms with Crippen molar-refractivity contribution in [2.45, 2.75) is 37.8 Å². The number of primary amides is 1. The summed E-state index contributed by atoms with van der Waals surface area (Å²) in [5.41, 5.74) is 8.21. The quantitative estimate of drug-likeness (QED) is 0.854. The van der Waals surface area contributed by atoms with Gasteiger partial charge in [-0.25, -0.2) is 0 Å². The summed E-state index contributed by atoms with van der Waals surface area (Å²) in [7, 11) is 0. The molecule has 2 aliphatic carbocycles. The highest BCUT2D eigenvalue weighted by Gasteiger charge is 2.37. The smallest absolute Gasteiger partial charge is 0.231 e. The van der Waals surface area contributed by atoms with Crippen molar-refractivity contribution in [2.24, 2.45) is 5.73 Å². The molecular formula is C14H18N2O. The second-order valence-electron chi connectivity index (χ2n) is 5.12. The SMILES string of the molecule is NC(=O)CN(C1CC1)[C@@H]1CCc2ccccc21. The van der Waals surface area contributed by atoms with E-state index in [1.54, 1.807) is 0 Å². The molecule has 1 fully saturated rings. The van der Waals surface area contributed by atoms with Gasteiger partial charge in [-0.05, 0) is 36.8 Å². The van der Waals surface area contributed by atoms with Crippen molar-refractivity contribution in [3.05, 3.63) is 35.4 Å². The highest BCUT2D eigenvalue weighted by atomic mass is 16.1. The summed E-state index contributed by atoms with van der Waals surface area (Å²) >= 11 is 0. The van der Waals surface area contributed by atoms with Gasteiger partial charge < -0.3 is 5.73 Å². The maximum atomic E-state index is 11.2. The maximum Gasteiger partial charge on any atom is 0.231 e. The van der Waals surface area contributed by atoms with Crippen molar-refractivity contribution in [1.29, 1.82) is 0 Å². The second-order valence-corrected chi connectivity index (χ2v) is 5.12. The first kappa shape index (κ1) is 10.8. The number of aryl methyl sites for hydroxylation is 1. The minimum atomic E-state index is -0.207. The van der Waals surface area contributed by atoms with Crippen LogP contribution in [0.15, 0.2) is 24.3 Å². The molecule has 3 nitrogen and oxygen atoms in total. The zero-order chi connectivity index (χ0) is 11.8. The van der Waals surface area contributed by atoms with Gasteiger partial charge >= 0.3 is 0 Å². The molecule has 3 heteroatoms. The Bertz CT molecular complexity index is 440. The molecule has 0 unspecified atom stereocenters. The molecular weight excluding hydrogens is 212 g/mol. The lowest BCUT2D eigenvalue weighted by Crippen LogP contribution is -2.37. The summed E-state index contributed by atoms with van der Waals surface area (Å²) in [6, 6.07) is 9.57. The Balaban J connectivity index is 1.85. The van der Waals surface area contributed by atoms with Crippen molar-refractivity contribution in [3.63, 3.8) is 0 Å². The predicted molar refractivity (Wildman–Crippen MR) is 66.4 cm³/mol. The standard InChI is InChI=1S/C14H18N2O/c15-14(17)9-16(11-6-7-11)13-8-5-10-3-1-2-4-12(10)13/h1-4,11,13H,5-9H2,(H2,15,17)/t13-/m1/s1. The number of hydrogen-bond acceptors (Lipinski definition) is 2. The minimum absolute atomic E-state index is 0.207. The summed E-state index contributed by atoms with van der Waals surface area (Å²) in [4.78, 5) is 13.5. The summed E-state index contributed by atoms with van der Waals surface area (Å²) in [6.07, 6.45) is 4.68. The van der Waals surface area contributed by atoms with E-state index >= 15 is 0 Å². The molecule has 90 valence electrons. The van der Waals surface area contributed by atoms with Crippen LogP contribution >= 0.6 is 0 Å². The molecule has 17 heavy (non-hydrogen) atoms. The highest BCUT2D eigenvalue weighted by molar-refractivity contribution is 5.76. The van der Waals surface area contributed by atoms with E-state index in [0.29, 0.717) is 18.6 Å². The number of nitrogens with two attached hydrogens (primary N) is 1.